The van der Waals surface area contributed by atoms with Gasteiger partial charge in [0, 0.05) is 18.7 Å². The molecule has 0 aliphatic carbocycles. The first kappa shape index (κ1) is 16.2. The Bertz CT molecular complexity index is 705. The third-order valence-electron chi connectivity index (χ3n) is 3.84. The lowest BCUT2D eigenvalue weighted by Crippen LogP contribution is -2.48. The Hall–Kier alpha value is -2.66. The second-order valence-corrected chi connectivity index (χ2v) is 5.69. The third-order valence-corrected chi connectivity index (χ3v) is 3.84. The summed E-state index contributed by atoms with van der Waals surface area (Å²) in [5, 5.41) is 2.95. The molecule has 1 amide bonds. The van der Waals surface area contributed by atoms with Crippen LogP contribution in [0.5, 0.6) is 0 Å². The molecule has 0 bridgehead atoms. The minimum absolute atomic E-state index is 0.156. The fourth-order valence-corrected chi connectivity index (χ4v) is 2.46. The molecule has 1 fully saturated rings. The van der Waals surface area contributed by atoms with Crippen molar-refractivity contribution in [2.75, 3.05) is 26.3 Å². The van der Waals surface area contributed by atoms with Gasteiger partial charge in [0.15, 0.2) is 0 Å². The van der Waals surface area contributed by atoms with Crippen LogP contribution < -0.4 is 5.32 Å². The number of carbonyl (C=O) groups excluding carboxylic acids is 1. The number of para-hydroxylation sites is 1. The number of ether oxygens (including phenoxy) is 1. The summed E-state index contributed by atoms with van der Waals surface area (Å²) in [5.41, 5.74) is 2.55. The van der Waals surface area contributed by atoms with Crippen LogP contribution in [0.25, 0.3) is 0 Å². The van der Waals surface area contributed by atoms with Crippen LogP contribution in [0.15, 0.2) is 59.6 Å². The summed E-state index contributed by atoms with van der Waals surface area (Å²) in [5.74, 6) is 0.409. The quantitative estimate of drug-likeness (QED) is 0.683. The molecule has 1 saturated heterocycles. The molecule has 1 aliphatic heterocycles. The minimum atomic E-state index is -0.156. The van der Waals surface area contributed by atoms with E-state index < -0.39 is 0 Å². The molecule has 24 heavy (non-hydrogen) atoms. The van der Waals surface area contributed by atoms with Crippen molar-refractivity contribution in [2.24, 2.45) is 4.99 Å². The summed E-state index contributed by atoms with van der Waals surface area (Å²) in [6, 6.07) is 17.1. The zero-order valence-electron chi connectivity index (χ0n) is 13.7. The predicted octanol–water partition coefficient (Wildman–Crippen LogP) is 2.74. The summed E-state index contributed by atoms with van der Waals surface area (Å²) in [7, 11) is 0. The number of carbonyl (C=O) groups is 1. The van der Waals surface area contributed by atoms with Crippen LogP contribution in [0.4, 0.5) is 5.69 Å². The summed E-state index contributed by atoms with van der Waals surface area (Å²) < 4.78 is 5.39. The Kier molecular flexibility index (Phi) is 5.23. The molecule has 0 spiro atoms. The van der Waals surface area contributed by atoms with Gasteiger partial charge in [0.2, 0.25) is 5.96 Å². The third kappa shape index (κ3) is 4.20. The smallest absolute Gasteiger partial charge is 0.257 e. The molecule has 2 aromatic carbocycles. The van der Waals surface area contributed by atoms with Crippen LogP contribution in [0, 0.1) is 6.92 Å². The number of rotatable bonds is 2. The lowest BCUT2D eigenvalue weighted by molar-refractivity contribution is 0.0657. The Morgan fingerprint density at radius 1 is 1.04 bits per heavy atom. The highest BCUT2D eigenvalue weighted by Crippen LogP contribution is 2.12. The second-order valence-electron chi connectivity index (χ2n) is 5.69. The monoisotopic (exact) mass is 323 g/mol. The fourth-order valence-electron chi connectivity index (χ4n) is 2.46. The van der Waals surface area contributed by atoms with Gasteiger partial charge in [-0.25, -0.2) is 4.99 Å². The normalized spacial score (nSPS) is 15.2. The molecule has 0 unspecified atom stereocenters. The molecule has 5 heteroatoms. The zero-order valence-corrected chi connectivity index (χ0v) is 13.7. The number of benzene rings is 2. The van der Waals surface area contributed by atoms with E-state index in [-0.39, 0.29) is 5.91 Å². The largest absolute Gasteiger partial charge is 0.378 e. The van der Waals surface area contributed by atoms with Crippen molar-refractivity contribution in [1.29, 1.82) is 0 Å². The molecular formula is C19H21N3O2. The zero-order chi connectivity index (χ0) is 16.8. The van der Waals surface area contributed by atoms with Crippen molar-refractivity contribution >= 4 is 17.6 Å². The van der Waals surface area contributed by atoms with Gasteiger partial charge < -0.3 is 9.64 Å². The van der Waals surface area contributed by atoms with Crippen LogP contribution in [-0.4, -0.2) is 43.1 Å². The fraction of sp³-hybridized carbons (Fsp3) is 0.263. The molecule has 0 radical (unpaired) electrons. The SMILES string of the molecule is Cc1ccc(C(=O)NC(=Nc2ccccc2)N2CCOCC2)cc1. The van der Waals surface area contributed by atoms with Gasteiger partial charge in [-0.3, -0.25) is 10.1 Å². The average Bonchev–Trinajstić information content (AvgIpc) is 2.63. The highest BCUT2D eigenvalue weighted by atomic mass is 16.5. The Morgan fingerprint density at radius 3 is 2.38 bits per heavy atom. The van der Waals surface area contributed by atoms with Gasteiger partial charge in [0.25, 0.3) is 5.91 Å². The maximum Gasteiger partial charge on any atom is 0.257 e. The van der Waals surface area contributed by atoms with E-state index in [1.807, 2.05) is 66.4 Å². The van der Waals surface area contributed by atoms with Crippen molar-refractivity contribution in [3.63, 3.8) is 0 Å². The number of guanidine groups is 1. The van der Waals surface area contributed by atoms with Crippen molar-refractivity contribution < 1.29 is 9.53 Å². The standard InChI is InChI=1S/C19H21N3O2/c1-15-7-9-16(10-8-15)18(23)21-19(22-11-13-24-14-12-22)20-17-5-3-2-4-6-17/h2-10H,11-14H2,1H3,(H,20,21,23). The summed E-state index contributed by atoms with van der Waals surface area (Å²) in [6.45, 7) is 4.68. The van der Waals surface area contributed by atoms with Gasteiger partial charge in [0.1, 0.15) is 0 Å². The van der Waals surface area contributed by atoms with Gasteiger partial charge in [0.05, 0.1) is 18.9 Å². The van der Waals surface area contributed by atoms with Crippen LogP contribution in [0.3, 0.4) is 0 Å². The van der Waals surface area contributed by atoms with E-state index in [1.54, 1.807) is 0 Å². The van der Waals surface area contributed by atoms with Gasteiger partial charge in [-0.2, -0.15) is 0 Å². The number of hydrogen-bond acceptors (Lipinski definition) is 3. The molecular weight excluding hydrogens is 302 g/mol. The number of nitrogens with zero attached hydrogens (tertiary/aromatic N) is 2. The number of aliphatic imine (C=N–C) groups is 1. The highest BCUT2D eigenvalue weighted by Gasteiger charge is 2.18. The number of aryl methyl sites for hydroxylation is 1. The van der Waals surface area contributed by atoms with Crippen LogP contribution in [0.1, 0.15) is 15.9 Å². The highest BCUT2D eigenvalue weighted by molar-refractivity contribution is 6.06. The first-order chi connectivity index (χ1) is 11.7. The molecule has 0 atom stereocenters. The number of morpholine rings is 1. The van der Waals surface area contributed by atoms with E-state index in [4.69, 9.17) is 4.74 Å². The van der Waals surface area contributed by atoms with Gasteiger partial charge >= 0.3 is 0 Å². The first-order valence-electron chi connectivity index (χ1n) is 8.07. The number of amides is 1. The molecule has 0 aromatic heterocycles. The van der Waals surface area contributed by atoms with Crippen molar-refractivity contribution in [3.8, 4) is 0 Å². The molecule has 5 nitrogen and oxygen atoms in total. The van der Waals surface area contributed by atoms with Crippen molar-refractivity contribution in [3.05, 3.63) is 65.7 Å². The van der Waals surface area contributed by atoms with E-state index in [0.717, 1.165) is 11.3 Å². The Morgan fingerprint density at radius 2 is 1.71 bits per heavy atom. The van der Waals surface area contributed by atoms with E-state index in [9.17, 15) is 4.79 Å². The first-order valence-corrected chi connectivity index (χ1v) is 8.07. The maximum atomic E-state index is 12.5. The summed E-state index contributed by atoms with van der Waals surface area (Å²) in [4.78, 5) is 19.2. The second kappa shape index (κ2) is 7.75. The lowest BCUT2D eigenvalue weighted by atomic mass is 10.1. The molecule has 0 saturated carbocycles. The Labute approximate surface area is 142 Å². The van der Waals surface area contributed by atoms with Crippen LogP contribution in [0.2, 0.25) is 0 Å². The lowest BCUT2D eigenvalue weighted by Gasteiger charge is -2.29. The van der Waals surface area contributed by atoms with Gasteiger partial charge in [-0.1, -0.05) is 35.9 Å². The van der Waals surface area contributed by atoms with E-state index >= 15 is 0 Å². The molecule has 2 aromatic rings. The maximum absolute atomic E-state index is 12.5. The van der Waals surface area contributed by atoms with Crippen LogP contribution >= 0.6 is 0 Å². The summed E-state index contributed by atoms with van der Waals surface area (Å²) in [6.07, 6.45) is 0. The van der Waals surface area contributed by atoms with E-state index in [1.165, 1.54) is 0 Å². The predicted molar refractivity (Wildman–Crippen MR) is 94.6 cm³/mol. The number of hydrogen-bond donors (Lipinski definition) is 1. The minimum Gasteiger partial charge on any atom is -0.378 e. The van der Waals surface area contributed by atoms with Gasteiger partial charge in [-0.15, -0.1) is 0 Å². The Balaban J connectivity index is 1.82. The molecule has 3 rings (SSSR count). The topological polar surface area (TPSA) is 53.9 Å². The van der Waals surface area contributed by atoms with E-state index in [2.05, 4.69) is 10.3 Å². The molecule has 124 valence electrons. The van der Waals surface area contributed by atoms with Crippen LogP contribution in [-0.2, 0) is 4.74 Å². The molecule has 1 heterocycles. The number of nitrogens with one attached hydrogen (secondary N) is 1. The average molecular weight is 323 g/mol. The summed E-state index contributed by atoms with van der Waals surface area (Å²) >= 11 is 0. The van der Waals surface area contributed by atoms with E-state index in [0.29, 0.717) is 37.8 Å². The van der Waals surface area contributed by atoms with Gasteiger partial charge in [-0.05, 0) is 31.2 Å². The van der Waals surface area contributed by atoms with Crippen molar-refractivity contribution in [2.45, 2.75) is 6.92 Å². The molecule has 1 aliphatic rings. The van der Waals surface area contributed by atoms with Crippen molar-refractivity contribution in [1.82, 2.24) is 10.2 Å². The molecule has 1 N–H and O–H groups in total.